The van der Waals surface area contributed by atoms with Crippen molar-refractivity contribution < 1.29 is 13.5 Å². The van der Waals surface area contributed by atoms with Crippen LogP contribution in [-0.4, -0.2) is 18.9 Å². The lowest BCUT2D eigenvalue weighted by Gasteiger charge is -2.13. The zero-order chi connectivity index (χ0) is 15.2. The number of benzene rings is 2. The van der Waals surface area contributed by atoms with Crippen molar-refractivity contribution in [3.8, 4) is 5.75 Å². The van der Waals surface area contributed by atoms with Crippen LogP contribution in [0, 0.1) is 11.6 Å². The van der Waals surface area contributed by atoms with Gasteiger partial charge in [0.05, 0.1) is 7.11 Å². The zero-order valence-electron chi connectivity index (χ0n) is 11.7. The molecule has 0 radical (unpaired) electrons. The maximum absolute atomic E-state index is 14.0. The van der Waals surface area contributed by atoms with E-state index in [1.165, 1.54) is 31.0 Å². The molecule has 0 fully saturated rings. The first kappa shape index (κ1) is 15.8. The lowest BCUT2D eigenvalue weighted by Crippen LogP contribution is -2.26. The van der Waals surface area contributed by atoms with Crippen molar-refractivity contribution >= 4 is 11.8 Å². The quantitative estimate of drug-likeness (QED) is 0.828. The highest BCUT2D eigenvalue weighted by Crippen LogP contribution is 2.23. The number of rotatable bonds is 6. The van der Waals surface area contributed by atoms with Crippen molar-refractivity contribution in [2.24, 2.45) is 5.73 Å². The molecule has 2 rings (SSSR count). The van der Waals surface area contributed by atoms with Crippen LogP contribution in [0.15, 0.2) is 47.4 Å². The van der Waals surface area contributed by atoms with Gasteiger partial charge in [-0.2, -0.15) is 0 Å². The summed E-state index contributed by atoms with van der Waals surface area (Å²) >= 11 is 1.46. The summed E-state index contributed by atoms with van der Waals surface area (Å²) in [5.74, 6) is 0.163. The molecule has 0 aliphatic heterocycles. The van der Waals surface area contributed by atoms with Gasteiger partial charge in [0.2, 0.25) is 0 Å². The van der Waals surface area contributed by atoms with Crippen LogP contribution in [-0.2, 0) is 6.42 Å². The van der Waals surface area contributed by atoms with E-state index < -0.39 is 0 Å². The van der Waals surface area contributed by atoms with Crippen LogP contribution >= 0.6 is 11.8 Å². The van der Waals surface area contributed by atoms with Gasteiger partial charge in [0.25, 0.3) is 0 Å². The number of halogens is 2. The SMILES string of the molecule is COc1cccc(CC(N)CSc2cccc(F)c2)c1F. The maximum Gasteiger partial charge on any atom is 0.168 e. The molecule has 0 aromatic heterocycles. The summed E-state index contributed by atoms with van der Waals surface area (Å²) in [6.07, 6.45) is 0.408. The van der Waals surface area contributed by atoms with E-state index in [4.69, 9.17) is 10.5 Å². The molecule has 1 unspecified atom stereocenters. The Hall–Kier alpha value is -1.59. The number of nitrogens with two attached hydrogens (primary N) is 1. The van der Waals surface area contributed by atoms with Crippen LogP contribution in [0.4, 0.5) is 8.78 Å². The molecule has 0 aliphatic carbocycles. The van der Waals surface area contributed by atoms with Crippen molar-refractivity contribution in [3.05, 3.63) is 59.7 Å². The highest BCUT2D eigenvalue weighted by Gasteiger charge is 2.12. The fourth-order valence-electron chi connectivity index (χ4n) is 1.97. The van der Waals surface area contributed by atoms with Crippen LogP contribution in [0.5, 0.6) is 5.75 Å². The van der Waals surface area contributed by atoms with Crippen molar-refractivity contribution in [3.63, 3.8) is 0 Å². The summed E-state index contributed by atoms with van der Waals surface area (Å²) in [6.45, 7) is 0. The normalized spacial score (nSPS) is 12.2. The van der Waals surface area contributed by atoms with E-state index in [9.17, 15) is 8.78 Å². The van der Waals surface area contributed by atoms with Crippen LogP contribution in [0.2, 0.25) is 0 Å². The molecule has 0 heterocycles. The van der Waals surface area contributed by atoms with E-state index in [-0.39, 0.29) is 23.4 Å². The molecule has 1 atom stereocenters. The van der Waals surface area contributed by atoms with Crippen molar-refractivity contribution in [2.75, 3.05) is 12.9 Å². The van der Waals surface area contributed by atoms with Crippen LogP contribution < -0.4 is 10.5 Å². The highest BCUT2D eigenvalue weighted by atomic mass is 32.2. The number of hydrogen-bond acceptors (Lipinski definition) is 3. The van der Waals surface area contributed by atoms with Crippen LogP contribution in [0.25, 0.3) is 0 Å². The van der Waals surface area contributed by atoms with Gasteiger partial charge < -0.3 is 10.5 Å². The smallest absolute Gasteiger partial charge is 0.168 e. The predicted molar refractivity (Wildman–Crippen MR) is 81.8 cm³/mol. The van der Waals surface area contributed by atoms with Crippen molar-refractivity contribution in [1.82, 2.24) is 0 Å². The standard InChI is InChI=1S/C16H17F2NOS/c1-20-15-7-2-4-11(16(15)18)8-13(19)10-21-14-6-3-5-12(17)9-14/h2-7,9,13H,8,10,19H2,1H3. The van der Waals surface area contributed by atoms with Gasteiger partial charge in [0, 0.05) is 16.7 Å². The minimum Gasteiger partial charge on any atom is -0.494 e. The molecule has 2 aromatic carbocycles. The Morgan fingerprint density at radius 1 is 1.19 bits per heavy atom. The van der Waals surface area contributed by atoms with Crippen LogP contribution in [0.1, 0.15) is 5.56 Å². The monoisotopic (exact) mass is 309 g/mol. The molecular weight excluding hydrogens is 292 g/mol. The van der Waals surface area contributed by atoms with E-state index in [0.29, 0.717) is 17.7 Å². The maximum atomic E-state index is 14.0. The molecule has 5 heteroatoms. The van der Waals surface area contributed by atoms with Gasteiger partial charge in [-0.15, -0.1) is 11.8 Å². The van der Waals surface area contributed by atoms with Gasteiger partial charge in [0.1, 0.15) is 5.82 Å². The van der Waals surface area contributed by atoms with E-state index in [2.05, 4.69) is 0 Å². The topological polar surface area (TPSA) is 35.2 Å². The van der Waals surface area contributed by atoms with Gasteiger partial charge in [0.15, 0.2) is 11.6 Å². The molecular formula is C16H17F2NOS. The van der Waals surface area contributed by atoms with Crippen molar-refractivity contribution in [2.45, 2.75) is 17.4 Å². The Bertz CT molecular complexity index is 607. The second-order valence-electron chi connectivity index (χ2n) is 4.67. The number of thioether (sulfide) groups is 1. The van der Waals surface area contributed by atoms with Gasteiger partial charge >= 0.3 is 0 Å². The Balaban J connectivity index is 1.94. The summed E-state index contributed by atoms with van der Waals surface area (Å²) < 4.78 is 32.0. The average Bonchev–Trinajstić information content (AvgIpc) is 2.47. The molecule has 0 spiro atoms. The van der Waals surface area contributed by atoms with E-state index in [1.54, 1.807) is 24.3 Å². The Kier molecular flexibility index (Phi) is 5.59. The molecule has 2 nitrogen and oxygen atoms in total. The summed E-state index contributed by atoms with van der Waals surface area (Å²) in [5.41, 5.74) is 6.56. The highest BCUT2D eigenvalue weighted by molar-refractivity contribution is 7.99. The van der Waals surface area contributed by atoms with Gasteiger partial charge in [-0.1, -0.05) is 18.2 Å². The molecule has 0 amide bonds. The molecule has 2 N–H and O–H groups in total. The Morgan fingerprint density at radius 2 is 1.95 bits per heavy atom. The molecule has 0 aliphatic rings. The minimum absolute atomic E-state index is 0.220. The van der Waals surface area contributed by atoms with Gasteiger partial charge in [-0.05, 0) is 36.2 Å². The number of ether oxygens (including phenoxy) is 1. The molecule has 0 saturated carbocycles. The first-order valence-electron chi connectivity index (χ1n) is 6.55. The summed E-state index contributed by atoms with van der Waals surface area (Å²) in [4.78, 5) is 0.816. The average molecular weight is 309 g/mol. The second kappa shape index (κ2) is 7.43. The fourth-order valence-corrected chi connectivity index (χ4v) is 2.87. The van der Waals surface area contributed by atoms with Gasteiger partial charge in [-0.25, -0.2) is 8.78 Å². The third-order valence-electron chi connectivity index (χ3n) is 3.01. The molecule has 2 aromatic rings. The lowest BCUT2D eigenvalue weighted by atomic mass is 10.1. The van der Waals surface area contributed by atoms with Gasteiger partial charge in [-0.3, -0.25) is 0 Å². The van der Waals surface area contributed by atoms with E-state index >= 15 is 0 Å². The lowest BCUT2D eigenvalue weighted by molar-refractivity contribution is 0.383. The number of hydrogen-bond donors (Lipinski definition) is 1. The zero-order valence-corrected chi connectivity index (χ0v) is 12.5. The van der Waals surface area contributed by atoms with Crippen LogP contribution in [0.3, 0.4) is 0 Å². The third-order valence-corrected chi connectivity index (χ3v) is 4.19. The second-order valence-corrected chi connectivity index (χ2v) is 5.76. The molecule has 0 bridgehead atoms. The third kappa shape index (κ3) is 4.44. The minimum atomic E-state index is -0.369. The summed E-state index contributed by atoms with van der Waals surface area (Å²) in [6, 6.07) is 11.1. The Labute approximate surface area is 127 Å². The first-order valence-corrected chi connectivity index (χ1v) is 7.54. The van der Waals surface area contributed by atoms with E-state index in [0.717, 1.165) is 4.90 Å². The predicted octanol–water partition coefficient (Wildman–Crippen LogP) is 3.64. The van der Waals surface area contributed by atoms with E-state index in [1.807, 2.05) is 6.07 Å². The summed E-state index contributed by atoms with van der Waals surface area (Å²) in [5, 5.41) is 0. The van der Waals surface area contributed by atoms with Crippen molar-refractivity contribution in [1.29, 1.82) is 0 Å². The molecule has 112 valence electrons. The first-order chi connectivity index (χ1) is 10.1. The fraction of sp³-hybridized carbons (Fsp3) is 0.250. The largest absolute Gasteiger partial charge is 0.494 e. The number of methoxy groups -OCH3 is 1. The summed E-state index contributed by atoms with van der Waals surface area (Å²) in [7, 11) is 1.43. The Morgan fingerprint density at radius 3 is 2.67 bits per heavy atom. The molecule has 21 heavy (non-hydrogen) atoms. The molecule has 0 saturated heterocycles.